The Balaban J connectivity index is 2.81. The Morgan fingerprint density at radius 2 is 1.79 bits per heavy atom. The highest BCUT2D eigenvalue weighted by molar-refractivity contribution is 5.64. The molecule has 1 aromatic heterocycles. The second-order valence-electron chi connectivity index (χ2n) is 4.53. The van der Waals surface area contributed by atoms with Gasteiger partial charge in [-0.05, 0) is 44.0 Å². The molecule has 19 heavy (non-hydrogen) atoms. The molecule has 1 heterocycles. The molecule has 0 saturated heterocycles. The fraction of sp³-hybridized carbons (Fsp3) is 0.200. The number of aryl methyl sites for hydroxylation is 1. The maximum absolute atomic E-state index is 9.16. The van der Waals surface area contributed by atoms with E-state index < -0.39 is 0 Å². The van der Waals surface area contributed by atoms with Crippen LogP contribution < -0.4 is 5.73 Å². The van der Waals surface area contributed by atoms with Crippen molar-refractivity contribution in [2.75, 3.05) is 5.73 Å². The van der Waals surface area contributed by atoms with Crippen LogP contribution >= 0.6 is 0 Å². The summed E-state index contributed by atoms with van der Waals surface area (Å²) in [5.74, 6) is 0.427. The van der Waals surface area contributed by atoms with Gasteiger partial charge in [-0.15, -0.1) is 0 Å². The van der Waals surface area contributed by atoms with E-state index in [2.05, 4.69) is 12.1 Å². The minimum absolute atomic E-state index is 0.427. The van der Waals surface area contributed by atoms with Gasteiger partial charge >= 0.3 is 0 Å². The molecule has 2 aromatic rings. The smallest absolute Gasteiger partial charge is 0.126 e. The van der Waals surface area contributed by atoms with Gasteiger partial charge in [0.2, 0.25) is 0 Å². The third-order valence-electron chi connectivity index (χ3n) is 3.44. The molecule has 0 aliphatic carbocycles. The van der Waals surface area contributed by atoms with Crippen LogP contribution in [0.25, 0.3) is 5.69 Å². The van der Waals surface area contributed by atoms with Gasteiger partial charge in [-0.3, -0.25) is 4.57 Å². The molecule has 0 saturated carbocycles. The van der Waals surface area contributed by atoms with E-state index in [0.29, 0.717) is 16.9 Å². The van der Waals surface area contributed by atoms with Gasteiger partial charge in [-0.25, -0.2) is 0 Å². The van der Waals surface area contributed by atoms with Crippen molar-refractivity contribution in [3.8, 4) is 17.8 Å². The van der Waals surface area contributed by atoms with E-state index in [0.717, 1.165) is 22.5 Å². The highest BCUT2D eigenvalue weighted by Crippen LogP contribution is 2.29. The Labute approximate surface area is 112 Å². The fourth-order valence-corrected chi connectivity index (χ4v) is 2.20. The predicted molar refractivity (Wildman–Crippen MR) is 73.8 cm³/mol. The SMILES string of the molecule is Cc1ccc(C#N)cc1-n1c(C)c(C)c(C#N)c1N. The van der Waals surface area contributed by atoms with E-state index in [4.69, 9.17) is 16.3 Å². The van der Waals surface area contributed by atoms with Gasteiger partial charge in [-0.1, -0.05) is 6.07 Å². The van der Waals surface area contributed by atoms with Gasteiger partial charge in [0.05, 0.1) is 22.9 Å². The Bertz CT molecular complexity index is 739. The van der Waals surface area contributed by atoms with Crippen molar-refractivity contribution >= 4 is 5.82 Å². The molecule has 2 N–H and O–H groups in total. The van der Waals surface area contributed by atoms with Gasteiger partial charge in [-0.2, -0.15) is 10.5 Å². The highest BCUT2D eigenvalue weighted by Gasteiger charge is 2.17. The topological polar surface area (TPSA) is 78.5 Å². The normalized spacial score (nSPS) is 9.95. The van der Waals surface area contributed by atoms with Gasteiger partial charge in [0.1, 0.15) is 11.9 Å². The minimum Gasteiger partial charge on any atom is -0.384 e. The summed E-state index contributed by atoms with van der Waals surface area (Å²) in [4.78, 5) is 0. The molecule has 94 valence electrons. The number of hydrogen-bond donors (Lipinski definition) is 1. The zero-order chi connectivity index (χ0) is 14.2. The van der Waals surface area contributed by atoms with Crippen molar-refractivity contribution in [2.45, 2.75) is 20.8 Å². The average molecular weight is 250 g/mol. The lowest BCUT2D eigenvalue weighted by Gasteiger charge is -2.12. The van der Waals surface area contributed by atoms with E-state index in [-0.39, 0.29) is 0 Å². The molecular weight excluding hydrogens is 236 g/mol. The van der Waals surface area contributed by atoms with Crippen molar-refractivity contribution < 1.29 is 0 Å². The third-order valence-corrected chi connectivity index (χ3v) is 3.44. The lowest BCUT2D eigenvalue weighted by molar-refractivity contribution is 1.00. The van der Waals surface area contributed by atoms with Crippen LogP contribution in [-0.2, 0) is 0 Å². The molecule has 0 fully saturated rings. The second-order valence-corrected chi connectivity index (χ2v) is 4.53. The number of anilines is 1. The van der Waals surface area contributed by atoms with E-state index in [9.17, 15) is 0 Å². The summed E-state index contributed by atoms with van der Waals surface area (Å²) in [6.07, 6.45) is 0. The number of nitrogens with two attached hydrogens (primary N) is 1. The summed E-state index contributed by atoms with van der Waals surface area (Å²) in [5, 5.41) is 18.2. The van der Waals surface area contributed by atoms with Crippen LogP contribution in [0.2, 0.25) is 0 Å². The summed E-state index contributed by atoms with van der Waals surface area (Å²) in [7, 11) is 0. The third kappa shape index (κ3) is 1.84. The molecule has 0 bridgehead atoms. The number of nitriles is 2. The standard InChI is InChI=1S/C15H14N4/c1-9-4-5-12(7-16)6-14(9)19-11(3)10(2)13(8-17)15(19)18/h4-6H,18H2,1-3H3. The Hall–Kier alpha value is -2.72. The fourth-order valence-electron chi connectivity index (χ4n) is 2.20. The predicted octanol–water partition coefficient (Wildman–Crippen LogP) is 2.73. The number of hydrogen-bond acceptors (Lipinski definition) is 3. The maximum atomic E-state index is 9.16. The first-order valence-corrected chi connectivity index (χ1v) is 5.89. The van der Waals surface area contributed by atoms with Crippen molar-refractivity contribution in [2.24, 2.45) is 0 Å². The molecule has 4 heteroatoms. The van der Waals surface area contributed by atoms with Crippen molar-refractivity contribution in [3.63, 3.8) is 0 Å². The summed E-state index contributed by atoms with van der Waals surface area (Å²) >= 11 is 0. The monoisotopic (exact) mass is 250 g/mol. The molecule has 4 nitrogen and oxygen atoms in total. The molecule has 0 amide bonds. The molecule has 0 spiro atoms. The lowest BCUT2D eigenvalue weighted by atomic mass is 10.1. The van der Waals surface area contributed by atoms with Crippen molar-refractivity contribution in [1.82, 2.24) is 4.57 Å². The van der Waals surface area contributed by atoms with E-state index >= 15 is 0 Å². The van der Waals surface area contributed by atoms with Crippen molar-refractivity contribution in [1.29, 1.82) is 10.5 Å². The molecule has 2 rings (SSSR count). The average Bonchev–Trinajstić information content (AvgIpc) is 2.61. The van der Waals surface area contributed by atoms with Gasteiger partial charge in [0.15, 0.2) is 0 Å². The van der Waals surface area contributed by atoms with E-state index in [1.807, 2.05) is 31.4 Å². The zero-order valence-corrected chi connectivity index (χ0v) is 11.2. The van der Waals surface area contributed by atoms with E-state index in [1.165, 1.54) is 0 Å². The first-order chi connectivity index (χ1) is 9.01. The minimum atomic E-state index is 0.427. The number of aromatic nitrogens is 1. The number of nitrogen functional groups attached to an aromatic ring is 1. The molecule has 0 radical (unpaired) electrons. The number of rotatable bonds is 1. The Morgan fingerprint density at radius 3 is 2.32 bits per heavy atom. The van der Waals surface area contributed by atoms with Gasteiger partial charge in [0.25, 0.3) is 0 Å². The summed E-state index contributed by atoms with van der Waals surface area (Å²) in [6.45, 7) is 5.76. The van der Waals surface area contributed by atoms with Gasteiger partial charge < -0.3 is 5.73 Å². The van der Waals surface area contributed by atoms with Crippen LogP contribution in [0.15, 0.2) is 18.2 Å². The van der Waals surface area contributed by atoms with E-state index in [1.54, 1.807) is 12.1 Å². The molecule has 0 aliphatic rings. The Kier molecular flexibility index (Phi) is 3.02. The molecule has 0 unspecified atom stereocenters. The zero-order valence-electron chi connectivity index (χ0n) is 11.2. The molecular formula is C15H14N4. The quantitative estimate of drug-likeness (QED) is 0.845. The highest BCUT2D eigenvalue weighted by atomic mass is 15.1. The van der Waals surface area contributed by atoms with Gasteiger partial charge in [0, 0.05) is 5.69 Å². The van der Waals surface area contributed by atoms with Crippen LogP contribution in [0.1, 0.15) is 27.9 Å². The number of nitrogens with zero attached hydrogens (tertiary/aromatic N) is 3. The maximum Gasteiger partial charge on any atom is 0.126 e. The largest absolute Gasteiger partial charge is 0.384 e. The molecule has 0 aliphatic heterocycles. The first kappa shape index (κ1) is 12.7. The van der Waals surface area contributed by atoms with Crippen LogP contribution in [0.5, 0.6) is 0 Å². The first-order valence-electron chi connectivity index (χ1n) is 5.89. The summed E-state index contributed by atoms with van der Waals surface area (Å²) in [6, 6.07) is 9.70. The Morgan fingerprint density at radius 1 is 1.11 bits per heavy atom. The van der Waals surface area contributed by atoms with Crippen LogP contribution in [0.4, 0.5) is 5.82 Å². The lowest BCUT2D eigenvalue weighted by Crippen LogP contribution is -2.04. The molecule has 0 atom stereocenters. The number of benzene rings is 1. The summed E-state index contributed by atoms with van der Waals surface area (Å²) in [5.41, 5.74) is 10.8. The summed E-state index contributed by atoms with van der Waals surface area (Å²) < 4.78 is 1.84. The second kappa shape index (κ2) is 4.51. The van der Waals surface area contributed by atoms with Crippen molar-refractivity contribution in [3.05, 3.63) is 46.1 Å². The molecule has 1 aromatic carbocycles. The van der Waals surface area contributed by atoms with Crippen LogP contribution in [0.3, 0.4) is 0 Å². The van der Waals surface area contributed by atoms with Crippen LogP contribution in [0, 0.1) is 43.4 Å². The van der Waals surface area contributed by atoms with Crippen LogP contribution in [-0.4, -0.2) is 4.57 Å².